The molecule has 0 bridgehead atoms. The topological polar surface area (TPSA) is 61.8 Å². The van der Waals surface area contributed by atoms with Gasteiger partial charge in [0, 0.05) is 31.6 Å². The molecule has 2 rings (SSSR count). The van der Waals surface area contributed by atoms with Crippen molar-refractivity contribution in [3.63, 3.8) is 0 Å². The van der Waals surface area contributed by atoms with E-state index in [1.54, 1.807) is 4.90 Å². The molecule has 2 aliphatic rings. The molecule has 0 radical (unpaired) electrons. The highest BCUT2D eigenvalue weighted by atomic mass is 16.6. The van der Waals surface area contributed by atoms with Gasteiger partial charge in [0.1, 0.15) is 5.60 Å². The fraction of sp³-hybridized carbons (Fsp3) is 0.923. The van der Waals surface area contributed by atoms with Crippen LogP contribution in [0.2, 0.25) is 0 Å². The number of β-amino-alcohol motifs (C(OH)–C–C–N with tert-alkyl or cyclic N) is 1. The molecule has 2 saturated heterocycles. The van der Waals surface area contributed by atoms with Crippen LogP contribution in [0.5, 0.6) is 0 Å². The summed E-state index contributed by atoms with van der Waals surface area (Å²) in [6, 6.07) is 0. The van der Waals surface area contributed by atoms with Crippen molar-refractivity contribution < 1.29 is 14.6 Å². The van der Waals surface area contributed by atoms with Gasteiger partial charge in [-0.05, 0) is 33.6 Å². The van der Waals surface area contributed by atoms with E-state index in [-0.39, 0.29) is 17.6 Å². The molecule has 1 atom stereocenters. The molecule has 2 fully saturated rings. The van der Waals surface area contributed by atoms with E-state index in [9.17, 15) is 9.90 Å². The third-order valence-corrected chi connectivity index (χ3v) is 3.93. The molecule has 2 heterocycles. The van der Waals surface area contributed by atoms with Crippen LogP contribution >= 0.6 is 0 Å². The van der Waals surface area contributed by atoms with Crippen molar-refractivity contribution >= 4 is 6.09 Å². The summed E-state index contributed by atoms with van der Waals surface area (Å²) < 4.78 is 5.36. The second-order valence-corrected chi connectivity index (χ2v) is 6.48. The summed E-state index contributed by atoms with van der Waals surface area (Å²) in [5.74, 6) is 0. The van der Waals surface area contributed by atoms with E-state index in [4.69, 9.17) is 4.74 Å². The van der Waals surface area contributed by atoms with Crippen molar-refractivity contribution in [2.45, 2.75) is 45.3 Å². The monoisotopic (exact) mass is 256 g/mol. The van der Waals surface area contributed by atoms with Crippen LogP contribution in [0.3, 0.4) is 0 Å². The van der Waals surface area contributed by atoms with E-state index in [2.05, 4.69) is 5.32 Å². The van der Waals surface area contributed by atoms with Crippen molar-refractivity contribution in [2.24, 2.45) is 5.41 Å². The maximum atomic E-state index is 11.9. The van der Waals surface area contributed by atoms with Gasteiger partial charge in [-0.1, -0.05) is 0 Å². The molecular formula is C13H24N2O3. The zero-order valence-electron chi connectivity index (χ0n) is 11.5. The summed E-state index contributed by atoms with van der Waals surface area (Å²) in [5.41, 5.74) is -0.473. The number of amides is 1. The quantitative estimate of drug-likeness (QED) is 0.678. The molecule has 1 amide bonds. The second-order valence-electron chi connectivity index (χ2n) is 6.48. The number of aliphatic hydroxyl groups excluding tert-OH is 1. The first-order valence-electron chi connectivity index (χ1n) is 6.69. The van der Waals surface area contributed by atoms with Crippen molar-refractivity contribution in [1.82, 2.24) is 10.2 Å². The van der Waals surface area contributed by atoms with Crippen molar-refractivity contribution in [2.75, 3.05) is 26.2 Å². The summed E-state index contributed by atoms with van der Waals surface area (Å²) in [7, 11) is 0. The lowest BCUT2D eigenvalue weighted by Crippen LogP contribution is -2.49. The van der Waals surface area contributed by atoms with Crippen molar-refractivity contribution in [3.05, 3.63) is 0 Å². The predicted octanol–water partition coefficient (Wildman–Crippen LogP) is 0.968. The first-order valence-corrected chi connectivity index (χ1v) is 6.69. The van der Waals surface area contributed by atoms with E-state index >= 15 is 0 Å². The lowest BCUT2D eigenvalue weighted by molar-refractivity contribution is -0.0108. The fourth-order valence-corrected chi connectivity index (χ4v) is 2.76. The standard InChI is InChI=1S/C13H24N2O3/c1-12(2,3)18-11(17)15-6-4-13(5-7-15)9-14-8-10(13)16/h10,14,16H,4-9H2,1-3H3. The van der Waals surface area contributed by atoms with Gasteiger partial charge in [0.05, 0.1) is 6.10 Å². The molecule has 0 aromatic rings. The third-order valence-electron chi connectivity index (χ3n) is 3.93. The molecule has 0 aliphatic carbocycles. The first kappa shape index (κ1) is 13.6. The molecule has 0 saturated carbocycles. The highest BCUT2D eigenvalue weighted by Crippen LogP contribution is 2.37. The summed E-state index contributed by atoms with van der Waals surface area (Å²) in [6.07, 6.45) is 1.18. The minimum Gasteiger partial charge on any atom is -0.444 e. The van der Waals surface area contributed by atoms with Crippen LogP contribution in [-0.2, 0) is 4.74 Å². The number of hydrogen-bond acceptors (Lipinski definition) is 4. The number of nitrogens with zero attached hydrogens (tertiary/aromatic N) is 1. The SMILES string of the molecule is CC(C)(C)OC(=O)N1CCC2(CC1)CNCC2O. The average Bonchev–Trinajstić information content (AvgIpc) is 2.59. The van der Waals surface area contributed by atoms with E-state index in [0.717, 1.165) is 19.4 Å². The van der Waals surface area contributed by atoms with Crippen LogP contribution in [0.15, 0.2) is 0 Å². The van der Waals surface area contributed by atoms with Crippen LogP contribution in [0.25, 0.3) is 0 Å². The van der Waals surface area contributed by atoms with Gasteiger partial charge in [0.25, 0.3) is 0 Å². The van der Waals surface area contributed by atoms with Crippen LogP contribution in [0, 0.1) is 5.41 Å². The van der Waals surface area contributed by atoms with E-state index in [0.29, 0.717) is 19.6 Å². The number of aliphatic hydroxyl groups is 1. The van der Waals surface area contributed by atoms with Gasteiger partial charge in [0.15, 0.2) is 0 Å². The predicted molar refractivity (Wildman–Crippen MR) is 68.4 cm³/mol. The number of ether oxygens (including phenoxy) is 1. The lowest BCUT2D eigenvalue weighted by atomic mass is 9.76. The molecule has 0 aromatic carbocycles. The Morgan fingerprint density at radius 2 is 2.00 bits per heavy atom. The first-order chi connectivity index (χ1) is 8.32. The Morgan fingerprint density at radius 1 is 1.39 bits per heavy atom. The van der Waals surface area contributed by atoms with Gasteiger partial charge in [-0.3, -0.25) is 0 Å². The summed E-state index contributed by atoms with van der Waals surface area (Å²) in [5, 5.41) is 13.2. The number of piperidine rings is 1. The van der Waals surface area contributed by atoms with Crippen LogP contribution in [-0.4, -0.2) is 54.0 Å². The van der Waals surface area contributed by atoms with Crippen LogP contribution in [0.1, 0.15) is 33.6 Å². The number of rotatable bonds is 0. The molecular weight excluding hydrogens is 232 g/mol. The fourth-order valence-electron chi connectivity index (χ4n) is 2.76. The lowest BCUT2D eigenvalue weighted by Gasteiger charge is -2.40. The zero-order valence-corrected chi connectivity index (χ0v) is 11.5. The Kier molecular flexibility index (Phi) is 3.56. The molecule has 5 nitrogen and oxygen atoms in total. The van der Waals surface area contributed by atoms with Gasteiger partial charge < -0.3 is 20.1 Å². The molecule has 5 heteroatoms. The Hall–Kier alpha value is -0.810. The number of carbonyl (C=O) groups is 1. The maximum absolute atomic E-state index is 11.9. The smallest absolute Gasteiger partial charge is 0.410 e. The number of hydrogen-bond donors (Lipinski definition) is 2. The number of carbonyl (C=O) groups excluding carboxylic acids is 1. The van der Waals surface area contributed by atoms with Gasteiger partial charge in [0.2, 0.25) is 0 Å². The summed E-state index contributed by atoms with van der Waals surface area (Å²) in [6.45, 7) is 8.51. The molecule has 1 spiro atoms. The number of nitrogens with one attached hydrogen (secondary N) is 1. The molecule has 1 unspecified atom stereocenters. The minimum absolute atomic E-state index is 0.0293. The van der Waals surface area contributed by atoms with E-state index < -0.39 is 5.60 Å². The zero-order chi connectivity index (χ0) is 13.4. The third kappa shape index (κ3) is 2.78. The molecule has 18 heavy (non-hydrogen) atoms. The Labute approximate surface area is 108 Å². The Bertz CT molecular complexity index is 317. The largest absolute Gasteiger partial charge is 0.444 e. The summed E-state index contributed by atoms with van der Waals surface area (Å²) >= 11 is 0. The van der Waals surface area contributed by atoms with Gasteiger partial charge in [-0.2, -0.15) is 0 Å². The molecule has 2 aliphatic heterocycles. The van der Waals surface area contributed by atoms with Crippen LogP contribution < -0.4 is 5.32 Å². The Morgan fingerprint density at radius 3 is 2.44 bits per heavy atom. The van der Waals surface area contributed by atoms with E-state index in [1.807, 2.05) is 20.8 Å². The number of likely N-dealkylation sites (tertiary alicyclic amines) is 1. The van der Waals surface area contributed by atoms with Gasteiger partial charge >= 0.3 is 6.09 Å². The van der Waals surface area contributed by atoms with Crippen molar-refractivity contribution in [1.29, 1.82) is 0 Å². The minimum atomic E-state index is -0.444. The molecule has 2 N–H and O–H groups in total. The molecule has 104 valence electrons. The normalized spacial score (nSPS) is 27.6. The van der Waals surface area contributed by atoms with Crippen LogP contribution in [0.4, 0.5) is 4.79 Å². The summed E-state index contributed by atoms with van der Waals surface area (Å²) in [4.78, 5) is 13.7. The van der Waals surface area contributed by atoms with Gasteiger partial charge in [-0.15, -0.1) is 0 Å². The average molecular weight is 256 g/mol. The maximum Gasteiger partial charge on any atom is 0.410 e. The second kappa shape index (κ2) is 4.70. The van der Waals surface area contributed by atoms with E-state index in [1.165, 1.54) is 0 Å². The highest BCUT2D eigenvalue weighted by Gasteiger charge is 2.45. The molecule has 0 aromatic heterocycles. The van der Waals surface area contributed by atoms with Gasteiger partial charge in [-0.25, -0.2) is 4.79 Å². The van der Waals surface area contributed by atoms with Crippen molar-refractivity contribution in [3.8, 4) is 0 Å². The highest BCUT2D eigenvalue weighted by molar-refractivity contribution is 5.68. The Balaban J connectivity index is 1.89.